The van der Waals surface area contributed by atoms with E-state index in [9.17, 15) is 4.79 Å². The summed E-state index contributed by atoms with van der Waals surface area (Å²) < 4.78 is 16.0. The number of carbonyl (C=O) groups excluding carboxylic acids is 1. The molecule has 1 atom stereocenters. The predicted octanol–water partition coefficient (Wildman–Crippen LogP) is 2.07. The molecule has 1 aromatic carbocycles. The molecule has 1 aromatic rings. The number of nitrogens with zero attached hydrogens (tertiary/aromatic N) is 1. The summed E-state index contributed by atoms with van der Waals surface area (Å²) in [4.78, 5) is 13.3. The van der Waals surface area contributed by atoms with Gasteiger partial charge in [0.15, 0.2) is 18.1 Å². The zero-order valence-corrected chi connectivity index (χ0v) is 15.0. The molecule has 2 N–H and O–H groups in total. The lowest BCUT2D eigenvalue weighted by Gasteiger charge is -2.32. The van der Waals surface area contributed by atoms with E-state index in [4.69, 9.17) is 31.5 Å². The maximum Gasteiger partial charge on any atom is 0.255 e. The molecule has 7 heteroatoms. The minimum atomic E-state index is -0.560. The number of ether oxygens (including phenoxy) is 3. The molecule has 0 unspecified atom stereocenters. The lowest BCUT2D eigenvalue weighted by atomic mass is 9.98. The molecule has 0 saturated carbocycles. The Balaban J connectivity index is 2.07. The van der Waals surface area contributed by atoms with E-state index in [0.29, 0.717) is 22.4 Å². The highest BCUT2D eigenvalue weighted by Crippen LogP contribution is 2.37. The summed E-state index contributed by atoms with van der Waals surface area (Å²) >= 11 is 6.30. The first kappa shape index (κ1) is 18.8. The topological polar surface area (TPSA) is 74.0 Å². The number of piperidine rings is 1. The lowest BCUT2D eigenvalue weighted by Crippen LogP contribution is -2.36. The van der Waals surface area contributed by atoms with Gasteiger partial charge in [-0.25, -0.2) is 0 Å². The molecule has 0 aromatic heterocycles. The summed E-state index contributed by atoms with van der Waals surface area (Å²) in [6, 6.07) is 3.74. The number of rotatable bonds is 8. The standard InChI is InChI=1S/C17H25ClN2O4/c1-22-10-12-4-3-5-20(8-12)9-13-6-14(18)17(15(7-13)23-2)24-11-16(19)21/h6-7,12H,3-5,8-11H2,1-2H3,(H2,19,21)/t12-/m1/s1. The fourth-order valence-corrected chi connectivity index (χ4v) is 3.36. The van der Waals surface area contributed by atoms with Crippen molar-refractivity contribution in [2.45, 2.75) is 19.4 Å². The maximum absolute atomic E-state index is 10.9. The average molecular weight is 357 g/mol. The SMILES string of the molecule is COC[C@@H]1CCCN(Cc2cc(Cl)c(OCC(N)=O)c(OC)c2)C1. The normalized spacial score (nSPS) is 18.4. The van der Waals surface area contributed by atoms with Crippen molar-refractivity contribution >= 4 is 17.5 Å². The second-order valence-electron chi connectivity index (χ2n) is 6.06. The van der Waals surface area contributed by atoms with Crippen LogP contribution in [-0.4, -0.2) is 51.3 Å². The molecule has 6 nitrogen and oxygen atoms in total. The van der Waals surface area contributed by atoms with Crippen molar-refractivity contribution in [3.05, 3.63) is 22.7 Å². The van der Waals surface area contributed by atoms with E-state index >= 15 is 0 Å². The van der Waals surface area contributed by atoms with E-state index in [-0.39, 0.29) is 6.61 Å². The van der Waals surface area contributed by atoms with Crippen molar-refractivity contribution in [1.82, 2.24) is 4.90 Å². The van der Waals surface area contributed by atoms with Crippen LogP contribution in [0, 0.1) is 5.92 Å². The number of nitrogens with two attached hydrogens (primary N) is 1. The number of amides is 1. The molecule has 1 saturated heterocycles. The summed E-state index contributed by atoms with van der Waals surface area (Å²) in [6.07, 6.45) is 2.37. The Morgan fingerprint density at radius 3 is 2.88 bits per heavy atom. The fraction of sp³-hybridized carbons (Fsp3) is 0.588. The van der Waals surface area contributed by atoms with Gasteiger partial charge in [-0.15, -0.1) is 0 Å². The second kappa shape index (κ2) is 9.11. The van der Waals surface area contributed by atoms with Crippen LogP contribution in [-0.2, 0) is 16.1 Å². The number of carbonyl (C=O) groups is 1. The van der Waals surface area contributed by atoms with Crippen LogP contribution in [0.1, 0.15) is 18.4 Å². The van der Waals surface area contributed by atoms with Crippen molar-refractivity contribution in [2.24, 2.45) is 11.7 Å². The molecule has 134 valence electrons. The molecule has 1 aliphatic rings. The average Bonchev–Trinajstić information content (AvgIpc) is 2.54. The predicted molar refractivity (Wildman–Crippen MR) is 92.6 cm³/mol. The van der Waals surface area contributed by atoms with Crippen LogP contribution in [0.25, 0.3) is 0 Å². The van der Waals surface area contributed by atoms with E-state index in [1.165, 1.54) is 12.8 Å². The van der Waals surface area contributed by atoms with Gasteiger partial charge in [0.1, 0.15) is 0 Å². The van der Waals surface area contributed by atoms with Crippen LogP contribution in [0.3, 0.4) is 0 Å². The van der Waals surface area contributed by atoms with Crippen LogP contribution < -0.4 is 15.2 Å². The van der Waals surface area contributed by atoms with Gasteiger partial charge >= 0.3 is 0 Å². The van der Waals surface area contributed by atoms with Crippen molar-refractivity contribution in [3.63, 3.8) is 0 Å². The number of primary amides is 1. The van der Waals surface area contributed by atoms with Gasteiger partial charge < -0.3 is 19.9 Å². The van der Waals surface area contributed by atoms with Crippen molar-refractivity contribution < 1.29 is 19.0 Å². The Labute approximate surface area is 147 Å². The summed E-state index contributed by atoms with van der Waals surface area (Å²) in [7, 11) is 3.29. The minimum Gasteiger partial charge on any atom is -0.493 e. The van der Waals surface area contributed by atoms with Gasteiger partial charge in [0.25, 0.3) is 5.91 Å². The molecule has 1 heterocycles. The van der Waals surface area contributed by atoms with E-state index in [2.05, 4.69) is 4.90 Å². The molecule has 1 amide bonds. The van der Waals surface area contributed by atoms with E-state index in [0.717, 1.165) is 31.8 Å². The molecule has 2 rings (SSSR count). The van der Waals surface area contributed by atoms with Crippen LogP contribution in [0.15, 0.2) is 12.1 Å². The largest absolute Gasteiger partial charge is 0.493 e. The Bertz CT molecular complexity index is 566. The molecule has 0 spiro atoms. The van der Waals surface area contributed by atoms with Crippen LogP contribution in [0.2, 0.25) is 5.02 Å². The molecule has 0 bridgehead atoms. The van der Waals surface area contributed by atoms with Gasteiger partial charge in [0.05, 0.1) is 18.7 Å². The highest BCUT2D eigenvalue weighted by molar-refractivity contribution is 6.32. The van der Waals surface area contributed by atoms with E-state index < -0.39 is 5.91 Å². The lowest BCUT2D eigenvalue weighted by molar-refractivity contribution is -0.119. The minimum absolute atomic E-state index is 0.236. The first-order valence-electron chi connectivity index (χ1n) is 8.02. The van der Waals surface area contributed by atoms with Gasteiger partial charge in [-0.2, -0.15) is 0 Å². The number of hydrogen-bond donors (Lipinski definition) is 1. The first-order chi connectivity index (χ1) is 11.5. The van der Waals surface area contributed by atoms with Gasteiger partial charge in [-0.3, -0.25) is 9.69 Å². The maximum atomic E-state index is 10.9. The molecular weight excluding hydrogens is 332 g/mol. The number of halogens is 1. The molecule has 1 fully saturated rings. The Kier molecular flexibility index (Phi) is 7.15. The summed E-state index contributed by atoms with van der Waals surface area (Å²) in [5, 5.41) is 0.413. The first-order valence-corrected chi connectivity index (χ1v) is 8.40. The zero-order chi connectivity index (χ0) is 17.5. The van der Waals surface area contributed by atoms with Crippen LogP contribution in [0.4, 0.5) is 0 Å². The summed E-state index contributed by atoms with van der Waals surface area (Å²) in [6.45, 7) is 3.40. The van der Waals surface area contributed by atoms with Crippen LogP contribution in [0.5, 0.6) is 11.5 Å². The summed E-state index contributed by atoms with van der Waals surface area (Å²) in [5.41, 5.74) is 6.15. The van der Waals surface area contributed by atoms with Crippen molar-refractivity contribution in [3.8, 4) is 11.5 Å². The van der Waals surface area contributed by atoms with E-state index in [1.54, 1.807) is 14.2 Å². The van der Waals surface area contributed by atoms with Gasteiger partial charge in [0.2, 0.25) is 0 Å². The molecular formula is C17H25ClN2O4. The molecule has 0 radical (unpaired) electrons. The quantitative estimate of drug-likeness (QED) is 0.771. The highest BCUT2D eigenvalue weighted by Gasteiger charge is 2.21. The molecule has 0 aliphatic carbocycles. The Hall–Kier alpha value is -1.50. The number of likely N-dealkylation sites (tertiary alicyclic amines) is 1. The van der Waals surface area contributed by atoms with Gasteiger partial charge in [-0.1, -0.05) is 11.6 Å². The number of methoxy groups -OCH3 is 2. The summed E-state index contributed by atoms with van der Waals surface area (Å²) in [5.74, 6) is 0.857. The van der Waals surface area contributed by atoms with Crippen molar-refractivity contribution in [2.75, 3.05) is 40.5 Å². The molecule has 24 heavy (non-hydrogen) atoms. The zero-order valence-electron chi connectivity index (χ0n) is 14.2. The Morgan fingerprint density at radius 2 is 2.21 bits per heavy atom. The highest BCUT2D eigenvalue weighted by atomic mass is 35.5. The fourth-order valence-electron chi connectivity index (χ4n) is 3.07. The van der Waals surface area contributed by atoms with Crippen LogP contribution >= 0.6 is 11.6 Å². The smallest absolute Gasteiger partial charge is 0.255 e. The van der Waals surface area contributed by atoms with Gasteiger partial charge in [-0.05, 0) is 43.0 Å². The third-order valence-electron chi connectivity index (χ3n) is 4.06. The monoisotopic (exact) mass is 356 g/mol. The van der Waals surface area contributed by atoms with E-state index in [1.807, 2.05) is 12.1 Å². The third-order valence-corrected chi connectivity index (χ3v) is 4.34. The Morgan fingerprint density at radius 1 is 1.42 bits per heavy atom. The van der Waals surface area contributed by atoms with Gasteiger partial charge in [0, 0.05) is 20.2 Å². The molecule has 1 aliphatic heterocycles. The van der Waals surface area contributed by atoms with Crippen molar-refractivity contribution in [1.29, 1.82) is 0 Å². The number of benzene rings is 1. The third kappa shape index (κ3) is 5.26. The number of hydrogen-bond acceptors (Lipinski definition) is 5. The second-order valence-corrected chi connectivity index (χ2v) is 6.47.